The fraction of sp³-hybridized carbons (Fsp3) is 0. The Labute approximate surface area is 111 Å². The van der Waals surface area contributed by atoms with Crippen LogP contribution in [-0.4, -0.2) is 11.0 Å². The lowest BCUT2D eigenvalue weighted by atomic mass is 10.3. The van der Waals surface area contributed by atoms with Crippen LogP contribution < -0.4 is 4.74 Å². The zero-order valence-corrected chi connectivity index (χ0v) is 10.4. The van der Waals surface area contributed by atoms with Crippen LogP contribution in [0.25, 0.3) is 0 Å². The van der Waals surface area contributed by atoms with E-state index >= 15 is 0 Å². The van der Waals surface area contributed by atoms with Crippen molar-refractivity contribution in [3.8, 4) is 5.75 Å². The van der Waals surface area contributed by atoms with E-state index in [9.17, 15) is 4.79 Å². The van der Waals surface area contributed by atoms with Gasteiger partial charge in [0.15, 0.2) is 17.8 Å². The molecule has 2 aromatic rings. The average Bonchev–Trinajstić information content (AvgIpc) is 2.76. The summed E-state index contributed by atoms with van der Waals surface area (Å²) in [6.07, 6.45) is 2.27. The molecule has 0 saturated heterocycles. The van der Waals surface area contributed by atoms with Gasteiger partial charge in [-0.2, -0.15) is 0 Å². The molecule has 2 rings (SSSR count). The number of aromatic nitrogens is 1. The summed E-state index contributed by atoms with van der Waals surface area (Å²) in [5, 5.41) is 0.625. The van der Waals surface area contributed by atoms with Gasteiger partial charge in [0.25, 0.3) is 0 Å². The summed E-state index contributed by atoms with van der Waals surface area (Å²) in [5.41, 5.74) is 0.0204. The largest absolute Gasteiger partial charge is 0.451 e. The molecule has 0 amide bonds. The van der Waals surface area contributed by atoms with Crippen molar-refractivity contribution in [2.24, 2.45) is 0 Å². The lowest BCUT2D eigenvalue weighted by Gasteiger charge is -2.07. The second kappa shape index (κ2) is 4.96. The van der Waals surface area contributed by atoms with Crippen molar-refractivity contribution in [2.75, 3.05) is 0 Å². The number of rotatable bonds is 2. The van der Waals surface area contributed by atoms with Gasteiger partial charge in [0.1, 0.15) is 6.26 Å². The molecule has 7 heteroatoms. The minimum Gasteiger partial charge on any atom is -0.451 e. The Hall–Kier alpha value is -1.23. The summed E-state index contributed by atoms with van der Waals surface area (Å²) < 4.78 is 9.65. The van der Waals surface area contributed by atoms with Crippen molar-refractivity contribution in [2.45, 2.75) is 0 Å². The van der Waals surface area contributed by atoms with Crippen molar-refractivity contribution in [3.05, 3.63) is 45.6 Å². The van der Waals surface area contributed by atoms with Crippen LogP contribution in [-0.2, 0) is 0 Å². The molecule has 1 aromatic carbocycles. The summed E-state index contributed by atoms with van der Waals surface area (Å²) in [6, 6.07) is 2.83. The van der Waals surface area contributed by atoms with Crippen molar-refractivity contribution in [3.63, 3.8) is 0 Å². The van der Waals surface area contributed by atoms with Crippen molar-refractivity contribution in [1.82, 2.24) is 4.98 Å². The molecule has 0 saturated carbocycles. The van der Waals surface area contributed by atoms with Gasteiger partial charge in [-0.25, -0.2) is 9.78 Å². The summed E-state index contributed by atoms with van der Waals surface area (Å²) in [4.78, 5) is 15.2. The minimum absolute atomic E-state index is 0.0204. The summed E-state index contributed by atoms with van der Waals surface area (Å²) in [7, 11) is 0. The molecule has 0 aliphatic heterocycles. The second-order valence-corrected chi connectivity index (χ2v) is 4.21. The molecule has 0 fully saturated rings. The Morgan fingerprint density at radius 3 is 2.41 bits per heavy atom. The van der Waals surface area contributed by atoms with Gasteiger partial charge >= 0.3 is 5.97 Å². The van der Waals surface area contributed by atoms with Crippen LogP contribution in [0.2, 0.25) is 15.1 Å². The quantitative estimate of drug-likeness (QED) is 0.623. The minimum atomic E-state index is -0.718. The van der Waals surface area contributed by atoms with Gasteiger partial charge in [-0.1, -0.05) is 34.8 Å². The van der Waals surface area contributed by atoms with Crippen LogP contribution in [0.3, 0.4) is 0 Å². The molecular formula is C10H4Cl3NO3. The van der Waals surface area contributed by atoms with Crippen molar-refractivity contribution >= 4 is 40.8 Å². The average molecular weight is 293 g/mol. The first-order valence-electron chi connectivity index (χ1n) is 4.33. The zero-order valence-electron chi connectivity index (χ0n) is 8.12. The Balaban J connectivity index is 2.28. The molecule has 0 unspecified atom stereocenters. The van der Waals surface area contributed by atoms with Gasteiger partial charge in [-0.15, -0.1) is 0 Å². The second-order valence-electron chi connectivity index (χ2n) is 2.96. The molecule has 1 heterocycles. The highest BCUT2D eigenvalue weighted by Gasteiger charge is 2.16. The van der Waals surface area contributed by atoms with Gasteiger partial charge in [0, 0.05) is 5.02 Å². The fourth-order valence-electron chi connectivity index (χ4n) is 1.08. The number of oxazole rings is 1. The maximum atomic E-state index is 11.6. The molecule has 0 aliphatic rings. The van der Waals surface area contributed by atoms with Gasteiger partial charge in [-0.05, 0) is 12.1 Å². The van der Waals surface area contributed by atoms with Gasteiger partial charge in [0.2, 0.25) is 0 Å². The van der Waals surface area contributed by atoms with Gasteiger partial charge in [-0.3, -0.25) is 0 Å². The van der Waals surface area contributed by atoms with E-state index in [0.717, 1.165) is 12.7 Å². The van der Waals surface area contributed by atoms with Crippen LogP contribution in [0, 0.1) is 0 Å². The Morgan fingerprint density at radius 2 is 1.88 bits per heavy atom. The zero-order chi connectivity index (χ0) is 12.4. The van der Waals surface area contributed by atoms with E-state index in [1.54, 1.807) is 0 Å². The lowest BCUT2D eigenvalue weighted by Crippen LogP contribution is -2.09. The number of halogens is 3. The standard InChI is InChI=1S/C10H4Cl3NO3/c11-5-1-6(12)9(7(13)2-5)17-10(15)8-3-16-4-14-8/h1-4H. The molecule has 0 radical (unpaired) electrons. The Bertz CT molecular complexity index is 531. The number of hydrogen-bond donors (Lipinski definition) is 0. The van der Waals surface area contributed by atoms with Gasteiger partial charge < -0.3 is 9.15 Å². The topological polar surface area (TPSA) is 52.3 Å². The monoisotopic (exact) mass is 291 g/mol. The number of ether oxygens (including phenoxy) is 1. The fourth-order valence-corrected chi connectivity index (χ4v) is 1.98. The highest BCUT2D eigenvalue weighted by atomic mass is 35.5. The molecule has 0 bridgehead atoms. The van der Waals surface area contributed by atoms with Crippen molar-refractivity contribution < 1.29 is 13.9 Å². The van der Waals surface area contributed by atoms with E-state index in [1.165, 1.54) is 12.1 Å². The normalized spacial score (nSPS) is 10.3. The third-order valence-electron chi connectivity index (χ3n) is 1.80. The van der Waals surface area contributed by atoms with E-state index < -0.39 is 5.97 Å². The van der Waals surface area contributed by atoms with E-state index in [1.807, 2.05) is 0 Å². The molecule has 1 aromatic heterocycles. The number of esters is 1. The van der Waals surface area contributed by atoms with Crippen LogP contribution in [0.15, 0.2) is 29.2 Å². The third kappa shape index (κ3) is 2.72. The molecule has 88 valence electrons. The van der Waals surface area contributed by atoms with Crippen molar-refractivity contribution in [1.29, 1.82) is 0 Å². The molecule has 0 aliphatic carbocycles. The van der Waals surface area contributed by atoms with E-state index in [0.29, 0.717) is 5.02 Å². The number of nitrogens with zero attached hydrogens (tertiary/aromatic N) is 1. The van der Waals surface area contributed by atoms with Crippen LogP contribution in [0.4, 0.5) is 0 Å². The molecule has 0 N–H and O–H groups in total. The smallest absolute Gasteiger partial charge is 0.365 e. The van der Waals surface area contributed by atoms with E-state index in [4.69, 9.17) is 39.5 Å². The molecular weight excluding hydrogens is 288 g/mol. The molecule has 17 heavy (non-hydrogen) atoms. The van der Waals surface area contributed by atoms with Crippen LogP contribution in [0.1, 0.15) is 10.5 Å². The Kier molecular flexibility index (Phi) is 3.57. The third-order valence-corrected chi connectivity index (χ3v) is 2.58. The predicted molar refractivity (Wildman–Crippen MR) is 62.9 cm³/mol. The number of carbonyl (C=O) groups excluding carboxylic acids is 1. The maximum Gasteiger partial charge on any atom is 0.365 e. The number of hydrogen-bond acceptors (Lipinski definition) is 4. The van der Waals surface area contributed by atoms with Gasteiger partial charge in [0.05, 0.1) is 10.0 Å². The first kappa shape index (κ1) is 12.2. The Morgan fingerprint density at radius 1 is 1.24 bits per heavy atom. The summed E-state index contributed by atoms with van der Waals surface area (Å²) in [6.45, 7) is 0. The maximum absolute atomic E-state index is 11.6. The summed E-state index contributed by atoms with van der Waals surface area (Å²) >= 11 is 17.4. The number of carbonyl (C=O) groups is 1. The van der Waals surface area contributed by atoms with E-state index in [2.05, 4.69) is 9.40 Å². The molecule has 0 atom stereocenters. The van der Waals surface area contributed by atoms with E-state index in [-0.39, 0.29) is 21.5 Å². The lowest BCUT2D eigenvalue weighted by molar-refractivity contribution is 0.0729. The first-order chi connectivity index (χ1) is 8.08. The van der Waals surface area contributed by atoms with Crippen LogP contribution >= 0.6 is 34.8 Å². The highest BCUT2D eigenvalue weighted by molar-refractivity contribution is 6.40. The molecule has 4 nitrogen and oxygen atoms in total. The highest BCUT2D eigenvalue weighted by Crippen LogP contribution is 2.36. The predicted octanol–water partition coefficient (Wildman–Crippen LogP) is 3.85. The summed E-state index contributed by atoms with van der Waals surface area (Å²) in [5.74, 6) is -0.685. The van der Waals surface area contributed by atoms with Crippen LogP contribution in [0.5, 0.6) is 5.75 Å². The first-order valence-corrected chi connectivity index (χ1v) is 5.46. The SMILES string of the molecule is O=C(Oc1c(Cl)cc(Cl)cc1Cl)c1cocn1. The molecule has 0 spiro atoms. The number of benzene rings is 1.